The summed E-state index contributed by atoms with van der Waals surface area (Å²) in [6.45, 7) is 5.49. The number of hydrogen-bond acceptors (Lipinski definition) is 3. The number of unbranched alkanes of at least 4 members (excludes halogenated alkanes) is 1. The van der Waals surface area contributed by atoms with Crippen molar-refractivity contribution in [2.75, 3.05) is 24.5 Å². The maximum absolute atomic E-state index is 9.02. The SMILES string of the molecule is CCCCN(CC1CCCN1)c1cccc(C#N)c1. The lowest BCUT2D eigenvalue weighted by molar-refractivity contribution is 0.572. The molecule has 1 aromatic carbocycles. The Hall–Kier alpha value is -1.53. The summed E-state index contributed by atoms with van der Waals surface area (Å²) >= 11 is 0. The molecule has 0 amide bonds. The smallest absolute Gasteiger partial charge is 0.0992 e. The van der Waals surface area contributed by atoms with Gasteiger partial charge in [-0.25, -0.2) is 0 Å². The Morgan fingerprint density at radius 1 is 1.47 bits per heavy atom. The molecule has 1 saturated heterocycles. The van der Waals surface area contributed by atoms with E-state index in [1.165, 1.54) is 31.4 Å². The van der Waals surface area contributed by atoms with E-state index in [1.54, 1.807) is 0 Å². The fourth-order valence-corrected chi connectivity index (χ4v) is 2.63. The quantitative estimate of drug-likeness (QED) is 0.851. The van der Waals surface area contributed by atoms with Crippen LogP contribution in [0.25, 0.3) is 0 Å². The van der Waals surface area contributed by atoms with E-state index in [0.29, 0.717) is 6.04 Å². The van der Waals surface area contributed by atoms with Crippen molar-refractivity contribution in [1.82, 2.24) is 5.32 Å². The van der Waals surface area contributed by atoms with Crippen LogP contribution in [0.4, 0.5) is 5.69 Å². The van der Waals surface area contributed by atoms with Crippen LogP contribution in [-0.4, -0.2) is 25.7 Å². The zero-order valence-corrected chi connectivity index (χ0v) is 11.7. The molecule has 0 saturated carbocycles. The molecule has 1 fully saturated rings. The fraction of sp³-hybridized carbons (Fsp3) is 0.562. The first kappa shape index (κ1) is 13.9. The van der Waals surface area contributed by atoms with Gasteiger partial charge in [0.25, 0.3) is 0 Å². The molecule has 102 valence electrons. The lowest BCUT2D eigenvalue weighted by Crippen LogP contribution is -2.38. The summed E-state index contributed by atoms with van der Waals surface area (Å²) in [4.78, 5) is 2.42. The lowest BCUT2D eigenvalue weighted by Gasteiger charge is -2.28. The second-order valence-corrected chi connectivity index (χ2v) is 5.25. The summed E-state index contributed by atoms with van der Waals surface area (Å²) in [6.07, 6.45) is 4.95. The number of nitrogens with one attached hydrogen (secondary N) is 1. The molecule has 1 N–H and O–H groups in total. The molecule has 0 aliphatic carbocycles. The van der Waals surface area contributed by atoms with Gasteiger partial charge < -0.3 is 10.2 Å². The maximum atomic E-state index is 9.02. The zero-order chi connectivity index (χ0) is 13.5. The highest BCUT2D eigenvalue weighted by Crippen LogP contribution is 2.19. The number of nitriles is 1. The Bertz CT molecular complexity index is 430. The molecule has 1 atom stereocenters. The summed E-state index contributed by atoms with van der Waals surface area (Å²) in [5.74, 6) is 0. The molecule has 1 aliphatic rings. The van der Waals surface area contributed by atoms with Crippen LogP contribution in [-0.2, 0) is 0 Å². The van der Waals surface area contributed by atoms with Crippen molar-refractivity contribution in [1.29, 1.82) is 5.26 Å². The normalized spacial score (nSPS) is 18.2. The Morgan fingerprint density at radius 2 is 2.37 bits per heavy atom. The molecule has 2 rings (SSSR count). The van der Waals surface area contributed by atoms with E-state index in [2.05, 4.69) is 29.3 Å². The molecule has 0 spiro atoms. The summed E-state index contributed by atoms with van der Waals surface area (Å²) in [7, 11) is 0. The van der Waals surface area contributed by atoms with E-state index in [-0.39, 0.29) is 0 Å². The van der Waals surface area contributed by atoms with E-state index < -0.39 is 0 Å². The second-order valence-electron chi connectivity index (χ2n) is 5.25. The molecule has 1 unspecified atom stereocenters. The predicted molar refractivity (Wildman–Crippen MR) is 79.3 cm³/mol. The van der Waals surface area contributed by atoms with Crippen molar-refractivity contribution >= 4 is 5.69 Å². The topological polar surface area (TPSA) is 39.1 Å². The fourth-order valence-electron chi connectivity index (χ4n) is 2.63. The first-order valence-corrected chi connectivity index (χ1v) is 7.32. The Balaban J connectivity index is 2.08. The van der Waals surface area contributed by atoms with Gasteiger partial charge in [0.2, 0.25) is 0 Å². The van der Waals surface area contributed by atoms with Gasteiger partial charge in [-0.15, -0.1) is 0 Å². The van der Waals surface area contributed by atoms with Crippen LogP contribution in [0.2, 0.25) is 0 Å². The van der Waals surface area contributed by atoms with Gasteiger partial charge in [0.15, 0.2) is 0 Å². The highest BCUT2D eigenvalue weighted by molar-refractivity contribution is 5.51. The lowest BCUT2D eigenvalue weighted by atomic mass is 10.1. The number of anilines is 1. The molecule has 3 heteroatoms. The van der Waals surface area contributed by atoms with Gasteiger partial charge in [-0.05, 0) is 44.0 Å². The average Bonchev–Trinajstić information content (AvgIpc) is 2.96. The van der Waals surface area contributed by atoms with Crippen molar-refractivity contribution in [3.05, 3.63) is 29.8 Å². The van der Waals surface area contributed by atoms with Gasteiger partial charge in [-0.3, -0.25) is 0 Å². The van der Waals surface area contributed by atoms with E-state index >= 15 is 0 Å². The molecule has 1 aliphatic heterocycles. The molecule has 0 bridgehead atoms. The first-order valence-electron chi connectivity index (χ1n) is 7.32. The van der Waals surface area contributed by atoms with Crippen LogP contribution >= 0.6 is 0 Å². The molecule has 3 nitrogen and oxygen atoms in total. The molecule has 1 aromatic rings. The van der Waals surface area contributed by atoms with Crippen LogP contribution in [0.1, 0.15) is 38.2 Å². The van der Waals surface area contributed by atoms with Crippen LogP contribution in [0.15, 0.2) is 24.3 Å². The minimum Gasteiger partial charge on any atom is -0.370 e. The number of hydrogen-bond donors (Lipinski definition) is 1. The van der Waals surface area contributed by atoms with Gasteiger partial charge in [-0.2, -0.15) is 5.26 Å². The van der Waals surface area contributed by atoms with Crippen molar-refractivity contribution in [3.8, 4) is 6.07 Å². The zero-order valence-electron chi connectivity index (χ0n) is 11.7. The van der Waals surface area contributed by atoms with Gasteiger partial charge in [0.05, 0.1) is 11.6 Å². The second kappa shape index (κ2) is 7.16. The van der Waals surface area contributed by atoms with Crippen molar-refractivity contribution in [2.45, 2.75) is 38.6 Å². The van der Waals surface area contributed by atoms with Crippen molar-refractivity contribution in [2.24, 2.45) is 0 Å². The molecular weight excluding hydrogens is 234 g/mol. The summed E-state index contributed by atoms with van der Waals surface area (Å²) < 4.78 is 0. The van der Waals surface area contributed by atoms with E-state index in [1.807, 2.05) is 18.2 Å². The number of benzene rings is 1. The predicted octanol–water partition coefficient (Wildman–Crippen LogP) is 2.92. The Kier molecular flexibility index (Phi) is 5.23. The van der Waals surface area contributed by atoms with Crippen molar-refractivity contribution < 1.29 is 0 Å². The number of rotatable bonds is 6. The minimum absolute atomic E-state index is 0.600. The standard InChI is InChI=1S/C16H23N3/c1-2-3-10-19(13-15-7-5-9-18-15)16-8-4-6-14(11-16)12-17/h4,6,8,11,15,18H,2-3,5,7,9-10,13H2,1H3. The largest absolute Gasteiger partial charge is 0.370 e. The number of nitrogens with zero attached hydrogens (tertiary/aromatic N) is 2. The Morgan fingerprint density at radius 3 is 3.05 bits per heavy atom. The molecule has 0 radical (unpaired) electrons. The van der Waals surface area contributed by atoms with Gasteiger partial charge in [-0.1, -0.05) is 19.4 Å². The van der Waals surface area contributed by atoms with Crippen LogP contribution < -0.4 is 10.2 Å². The third-order valence-corrected chi connectivity index (χ3v) is 3.73. The third kappa shape index (κ3) is 3.97. The van der Waals surface area contributed by atoms with Crippen LogP contribution in [0.3, 0.4) is 0 Å². The highest BCUT2D eigenvalue weighted by atomic mass is 15.2. The van der Waals surface area contributed by atoms with Gasteiger partial charge >= 0.3 is 0 Å². The summed E-state index contributed by atoms with van der Waals surface area (Å²) in [5.41, 5.74) is 1.93. The summed E-state index contributed by atoms with van der Waals surface area (Å²) in [5, 5.41) is 12.6. The van der Waals surface area contributed by atoms with Gasteiger partial charge in [0, 0.05) is 24.8 Å². The maximum Gasteiger partial charge on any atom is 0.0992 e. The molecule has 19 heavy (non-hydrogen) atoms. The highest BCUT2D eigenvalue weighted by Gasteiger charge is 2.18. The average molecular weight is 257 g/mol. The molecule has 0 aromatic heterocycles. The van der Waals surface area contributed by atoms with E-state index in [4.69, 9.17) is 5.26 Å². The molecule has 1 heterocycles. The van der Waals surface area contributed by atoms with Crippen LogP contribution in [0, 0.1) is 11.3 Å². The first-order chi connectivity index (χ1) is 9.33. The minimum atomic E-state index is 0.600. The summed E-state index contributed by atoms with van der Waals surface area (Å²) in [6, 6.07) is 10.8. The van der Waals surface area contributed by atoms with E-state index in [0.717, 1.165) is 25.2 Å². The molecular formula is C16H23N3. The van der Waals surface area contributed by atoms with E-state index in [9.17, 15) is 0 Å². The van der Waals surface area contributed by atoms with Crippen LogP contribution in [0.5, 0.6) is 0 Å². The Labute approximate surface area is 116 Å². The van der Waals surface area contributed by atoms with Gasteiger partial charge in [0.1, 0.15) is 0 Å². The monoisotopic (exact) mass is 257 g/mol. The third-order valence-electron chi connectivity index (χ3n) is 3.73. The van der Waals surface area contributed by atoms with Crippen molar-refractivity contribution in [3.63, 3.8) is 0 Å².